The summed E-state index contributed by atoms with van der Waals surface area (Å²) < 4.78 is 21.3. The van der Waals surface area contributed by atoms with Crippen molar-refractivity contribution in [1.82, 2.24) is 0 Å². The summed E-state index contributed by atoms with van der Waals surface area (Å²) in [6, 6.07) is 18.7. The van der Waals surface area contributed by atoms with Crippen LogP contribution in [0.5, 0.6) is 23.0 Å². The highest BCUT2D eigenvalue weighted by atomic mass is 16.5. The number of hydrogen-bond donors (Lipinski definition) is 1. The molecule has 0 fully saturated rings. The highest BCUT2D eigenvalue weighted by Crippen LogP contribution is 2.38. The van der Waals surface area contributed by atoms with E-state index in [1.165, 1.54) is 6.08 Å². The van der Waals surface area contributed by atoms with E-state index in [0.29, 0.717) is 28.6 Å². The van der Waals surface area contributed by atoms with Gasteiger partial charge in [0, 0.05) is 23.5 Å². The fourth-order valence-electron chi connectivity index (χ4n) is 3.21. The van der Waals surface area contributed by atoms with E-state index < -0.39 is 0 Å². The van der Waals surface area contributed by atoms with E-state index in [1.807, 2.05) is 48.6 Å². The first kappa shape index (κ1) is 23.5. The van der Waals surface area contributed by atoms with E-state index in [-0.39, 0.29) is 5.78 Å². The average Bonchev–Trinajstić information content (AvgIpc) is 2.86. The molecule has 0 heterocycles. The molecule has 0 aromatic heterocycles. The summed E-state index contributed by atoms with van der Waals surface area (Å²) in [6.45, 7) is 0. The second-order valence-corrected chi connectivity index (χ2v) is 6.99. The Bertz CT molecular complexity index is 1140. The molecule has 3 aromatic carbocycles. The molecule has 0 radical (unpaired) electrons. The number of rotatable bonds is 10. The molecule has 6 heteroatoms. The van der Waals surface area contributed by atoms with Crippen molar-refractivity contribution in [2.45, 2.75) is 0 Å². The summed E-state index contributed by atoms with van der Waals surface area (Å²) in [4.78, 5) is 12.4. The quantitative estimate of drug-likeness (QED) is 0.245. The molecule has 0 spiro atoms. The average molecular weight is 446 g/mol. The maximum atomic E-state index is 12.4. The zero-order valence-electron chi connectivity index (χ0n) is 19.1. The largest absolute Gasteiger partial charge is 0.497 e. The van der Waals surface area contributed by atoms with Crippen molar-refractivity contribution in [3.8, 4) is 23.0 Å². The highest BCUT2D eigenvalue weighted by Gasteiger charge is 2.12. The van der Waals surface area contributed by atoms with Crippen molar-refractivity contribution >= 4 is 23.6 Å². The van der Waals surface area contributed by atoms with Crippen LogP contribution < -0.4 is 24.3 Å². The predicted octanol–water partition coefficient (Wildman–Crippen LogP) is 5.70. The van der Waals surface area contributed by atoms with E-state index in [1.54, 1.807) is 58.9 Å². The van der Waals surface area contributed by atoms with Gasteiger partial charge in [0.25, 0.3) is 0 Å². The molecule has 33 heavy (non-hydrogen) atoms. The molecule has 0 aliphatic rings. The van der Waals surface area contributed by atoms with Crippen LogP contribution in [0.3, 0.4) is 0 Å². The number of ketones is 1. The van der Waals surface area contributed by atoms with E-state index in [4.69, 9.17) is 18.9 Å². The molecule has 0 atom stereocenters. The summed E-state index contributed by atoms with van der Waals surface area (Å²) in [5.41, 5.74) is 3.32. The summed E-state index contributed by atoms with van der Waals surface area (Å²) in [7, 11) is 6.33. The minimum atomic E-state index is -0.111. The van der Waals surface area contributed by atoms with Crippen LogP contribution in [0.15, 0.2) is 72.9 Å². The number of methoxy groups -OCH3 is 4. The molecule has 0 amide bonds. The van der Waals surface area contributed by atoms with Gasteiger partial charge < -0.3 is 24.3 Å². The zero-order chi connectivity index (χ0) is 23.6. The van der Waals surface area contributed by atoms with Gasteiger partial charge in [-0.2, -0.15) is 0 Å². The van der Waals surface area contributed by atoms with E-state index >= 15 is 0 Å². The first-order chi connectivity index (χ1) is 16.1. The summed E-state index contributed by atoms with van der Waals surface area (Å²) in [5, 5.41) is 3.14. The van der Waals surface area contributed by atoms with Gasteiger partial charge in [0.15, 0.2) is 17.3 Å². The first-order valence-corrected chi connectivity index (χ1v) is 10.3. The molecule has 0 aliphatic carbocycles. The topological polar surface area (TPSA) is 66.0 Å². The lowest BCUT2D eigenvalue weighted by Gasteiger charge is -2.12. The van der Waals surface area contributed by atoms with Gasteiger partial charge in [-0.25, -0.2) is 0 Å². The van der Waals surface area contributed by atoms with Crippen molar-refractivity contribution in [3.05, 3.63) is 89.6 Å². The minimum absolute atomic E-state index is 0.111. The molecular weight excluding hydrogens is 418 g/mol. The number of benzene rings is 3. The Morgan fingerprint density at radius 2 is 1.45 bits per heavy atom. The van der Waals surface area contributed by atoms with Crippen molar-refractivity contribution in [2.75, 3.05) is 33.8 Å². The third kappa shape index (κ3) is 6.17. The fraction of sp³-hybridized carbons (Fsp3) is 0.148. The molecule has 3 aromatic rings. The fourth-order valence-corrected chi connectivity index (χ4v) is 3.21. The Balaban J connectivity index is 1.70. The molecule has 0 unspecified atom stereocenters. The van der Waals surface area contributed by atoms with Crippen molar-refractivity contribution in [3.63, 3.8) is 0 Å². The normalized spacial score (nSPS) is 10.9. The number of carbonyl (C=O) groups is 1. The van der Waals surface area contributed by atoms with E-state index in [9.17, 15) is 4.79 Å². The highest BCUT2D eigenvalue weighted by molar-refractivity contribution is 6.04. The van der Waals surface area contributed by atoms with Gasteiger partial charge in [-0.05, 0) is 47.5 Å². The van der Waals surface area contributed by atoms with Crippen LogP contribution in [-0.4, -0.2) is 34.2 Å². The van der Waals surface area contributed by atoms with Crippen LogP contribution in [0.1, 0.15) is 21.5 Å². The predicted molar refractivity (Wildman–Crippen MR) is 132 cm³/mol. The molecule has 0 saturated carbocycles. The summed E-state index contributed by atoms with van der Waals surface area (Å²) in [5.74, 6) is 2.28. The number of allylic oxidation sites excluding steroid dienone is 1. The molecule has 170 valence electrons. The monoisotopic (exact) mass is 445 g/mol. The Hall–Kier alpha value is -4.19. The van der Waals surface area contributed by atoms with Gasteiger partial charge in [-0.15, -0.1) is 0 Å². The van der Waals surface area contributed by atoms with Crippen LogP contribution in [0.4, 0.5) is 5.69 Å². The van der Waals surface area contributed by atoms with Crippen LogP contribution in [0, 0.1) is 0 Å². The van der Waals surface area contributed by atoms with E-state index in [0.717, 1.165) is 16.8 Å². The lowest BCUT2D eigenvalue weighted by Crippen LogP contribution is -1.97. The standard InChI is InChI=1S/C27H27NO5/c1-30-23-10-6-8-21(18-23)24(29)13-14-28-22-9-5-7-19(15-22)11-12-20-16-25(31-2)27(33-4)26(17-20)32-3/h5-18,28H,1-4H3/b12-11?,14-13-. The first-order valence-electron chi connectivity index (χ1n) is 10.3. The maximum absolute atomic E-state index is 12.4. The third-order valence-corrected chi connectivity index (χ3v) is 4.88. The van der Waals surface area contributed by atoms with Gasteiger partial charge in [0.2, 0.25) is 5.75 Å². The van der Waals surface area contributed by atoms with Crippen molar-refractivity contribution in [1.29, 1.82) is 0 Å². The Kier molecular flexibility index (Phi) is 8.13. The molecule has 0 aliphatic heterocycles. The van der Waals surface area contributed by atoms with Crippen LogP contribution in [0.25, 0.3) is 12.2 Å². The number of hydrogen-bond acceptors (Lipinski definition) is 6. The van der Waals surface area contributed by atoms with Gasteiger partial charge in [-0.3, -0.25) is 4.79 Å². The molecular formula is C27H27NO5. The van der Waals surface area contributed by atoms with Gasteiger partial charge >= 0.3 is 0 Å². The van der Waals surface area contributed by atoms with Crippen molar-refractivity contribution in [2.24, 2.45) is 0 Å². The summed E-state index contributed by atoms with van der Waals surface area (Å²) in [6.07, 6.45) is 7.07. The van der Waals surface area contributed by atoms with Gasteiger partial charge in [0.1, 0.15) is 5.75 Å². The molecule has 1 N–H and O–H groups in total. The van der Waals surface area contributed by atoms with Gasteiger partial charge in [-0.1, -0.05) is 36.4 Å². The summed E-state index contributed by atoms with van der Waals surface area (Å²) >= 11 is 0. The number of ether oxygens (including phenoxy) is 4. The van der Waals surface area contributed by atoms with Crippen LogP contribution in [0.2, 0.25) is 0 Å². The zero-order valence-corrected chi connectivity index (χ0v) is 19.1. The number of anilines is 1. The van der Waals surface area contributed by atoms with Crippen LogP contribution in [-0.2, 0) is 0 Å². The Labute approximate surface area is 194 Å². The van der Waals surface area contributed by atoms with Crippen molar-refractivity contribution < 1.29 is 23.7 Å². The lowest BCUT2D eigenvalue weighted by molar-refractivity contribution is 0.104. The number of nitrogens with one attached hydrogen (secondary N) is 1. The Morgan fingerprint density at radius 1 is 0.758 bits per heavy atom. The minimum Gasteiger partial charge on any atom is -0.497 e. The molecule has 0 bridgehead atoms. The molecule has 6 nitrogen and oxygen atoms in total. The second kappa shape index (κ2) is 11.4. The molecule has 0 saturated heterocycles. The maximum Gasteiger partial charge on any atom is 0.203 e. The SMILES string of the molecule is COc1cccc(C(=O)/C=C\Nc2cccc(C=Cc3cc(OC)c(OC)c(OC)c3)c2)c1. The number of carbonyl (C=O) groups excluding carboxylic acids is 1. The second-order valence-electron chi connectivity index (χ2n) is 6.99. The Morgan fingerprint density at radius 3 is 2.12 bits per heavy atom. The lowest BCUT2D eigenvalue weighted by atomic mass is 10.1. The van der Waals surface area contributed by atoms with Crippen LogP contribution >= 0.6 is 0 Å². The molecule has 3 rings (SSSR count). The smallest absolute Gasteiger partial charge is 0.203 e. The third-order valence-electron chi connectivity index (χ3n) is 4.88. The van der Waals surface area contributed by atoms with Gasteiger partial charge in [0.05, 0.1) is 28.4 Å². The van der Waals surface area contributed by atoms with E-state index in [2.05, 4.69) is 5.32 Å².